The van der Waals surface area contributed by atoms with Gasteiger partial charge in [0, 0.05) is 13.1 Å². The van der Waals surface area contributed by atoms with Crippen LogP contribution in [0.25, 0.3) is 0 Å². The van der Waals surface area contributed by atoms with Crippen LogP contribution in [0.3, 0.4) is 0 Å². The summed E-state index contributed by atoms with van der Waals surface area (Å²) in [6.45, 7) is 6.00. The smallest absolute Gasteiger partial charge is 0.287 e. The van der Waals surface area contributed by atoms with Gasteiger partial charge in [0.05, 0.1) is 0 Å². The third-order valence-corrected chi connectivity index (χ3v) is 3.59. The van der Waals surface area contributed by atoms with Gasteiger partial charge in [-0.05, 0) is 64.3 Å². The molecule has 0 aliphatic carbocycles. The van der Waals surface area contributed by atoms with Crippen molar-refractivity contribution in [2.45, 2.75) is 32.3 Å². The van der Waals surface area contributed by atoms with Crippen molar-refractivity contribution in [2.24, 2.45) is 5.92 Å². The molecule has 0 saturated carbocycles. The lowest BCUT2D eigenvalue weighted by Gasteiger charge is -2.29. The number of carbonyl (C=O) groups is 1. The van der Waals surface area contributed by atoms with Crippen LogP contribution in [0.2, 0.25) is 0 Å². The maximum absolute atomic E-state index is 12.1. The topological polar surface area (TPSA) is 65.7 Å². The summed E-state index contributed by atoms with van der Waals surface area (Å²) in [5.41, 5.74) is -1.08. The van der Waals surface area contributed by atoms with E-state index in [4.69, 9.17) is 4.42 Å². The molecule has 1 unspecified atom stereocenters. The minimum Gasteiger partial charge on any atom is -0.443 e. The Morgan fingerprint density at radius 1 is 1.55 bits per heavy atom. The van der Waals surface area contributed by atoms with Gasteiger partial charge < -0.3 is 19.7 Å². The van der Waals surface area contributed by atoms with Crippen LogP contribution in [0.5, 0.6) is 0 Å². The van der Waals surface area contributed by atoms with Gasteiger partial charge in [-0.15, -0.1) is 0 Å². The number of carbonyl (C=O) groups excluding carboxylic acids is 1. The maximum atomic E-state index is 12.1. The minimum atomic E-state index is -1.08. The van der Waals surface area contributed by atoms with Crippen LogP contribution in [-0.2, 0) is 0 Å². The molecule has 1 saturated heterocycles. The molecule has 1 aliphatic rings. The van der Waals surface area contributed by atoms with Crippen LogP contribution in [-0.4, -0.2) is 48.2 Å². The van der Waals surface area contributed by atoms with E-state index in [1.54, 1.807) is 26.0 Å². The Hall–Kier alpha value is -1.77. The number of piperidine rings is 1. The molecule has 1 atom stereocenters. The van der Waals surface area contributed by atoms with Gasteiger partial charge in [-0.3, -0.25) is 4.79 Å². The summed E-state index contributed by atoms with van der Waals surface area (Å²) in [7, 11) is 2.11. The van der Waals surface area contributed by atoms with Crippen LogP contribution in [0.15, 0.2) is 16.5 Å². The Morgan fingerprint density at radius 3 is 3.00 bits per heavy atom. The molecule has 2 N–H and O–H groups in total. The van der Waals surface area contributed by atoms with Gasteiger partial charge in [0.1, 0.15) is 5.60 Å². The summed E-state index contributed by atoms with van der Waals surface area (Å²) < 4.78 is 5.39. The molecule has 0 radical (unpaired) electrons. The molecule has 0 aromatic carbocycles. The summed E-state index contributed by atoms with van der Waals surface area (Å²) >= 11 is 0. The highest BCUT2D eigenvalue weighted by molar-refractivity contribution is 5.91. The number of nitrogens with zero attached hydrogens (tertiary/aromatic N) is 1. The van der Waals surface area contributed by atoms with Crippen molar-refractivity contribution in [1.29, 1.82) is 0 Å². The average Bonchev–Trinajstić information content (AvgIpc) is 2.91. The first-order valence-corrected chi connectivity index (χ1v) is 7.65. The molecular formula is C17H24N2O3. The van der Waals surface area contributed by atoms with Gasteiger partial charge >= 0.3 is 0 Å². The fourth-order valence-corrected chi connectivity index (χ4v) is 2.51. The van der Waals surface area contributed by atoms with Crippen LogP contribution in [0.4, 0.5) is 0 Å². The van der Waals surface area contributed by atoms with Crippen molar-refractivity contribution in [1.82, 2.24) is 10.2 Å². The minimum absolute atomic E-state index is 0.218. The Morgan fingerprint density at radius 2 is 2.32 bits per heavy atom. The van der Waals surface area contributed by atoms with Crippen molar-refractivity contribution in [3.63, 3.8) is 0 Å². The number of rotatable bonds is 3. The molecule has 1 aromatic heterocycles. The molecule has 120 valence electrons. The Balaban J connectivity index is 1.87. The number of aliphatic hydroxyl groups is 1. The van der Waals surface area contributed by atoms with Crippen molar-refractivity contribution in [3.05, 3.63) is 23.7 Å². The van der Waals surface area contributed by atoms with Gasteiger partial charge in [0.2, 0.25) is 0 Å². The number of hydrogen-bond acceptors (Lipinski definition) is 4. The third kappa shape index (κ3) is 5.21. The lowest BCUT2D eigenvalue weighted by Crippen LogP contribution is -2.39. The van der Waals surface area contributed by atoms with Gasteiger partial charge in [0.15, 0.2) is 11.5 Å². The van der Waals surface area contributed by atoms with Gasteiger partial charge in [0.25, 0.3) is 5.91 Å². The summed E-state index contributed by atoms with van der Waals surface area (Å²) in [4.78, 5) is 14.4. The highest BCUT2D eigenvalue weighted by atomic mass is 16.3. The Labute approximate surface area is 131 Å². The zero-order valence-electron chi connectivity index (χ0n) is 13.5. The van der Waals surface area contributed by atoms with E-state index in [0.717, 1.165) is 19.5 Å². The highest BCUT2D eigenvalue weighted by Crippen LogP contribution is 2.14. The van der Waals surface area contributed by atoms with E-state index in [1.165, 1.54) is 6.42 Å². The summed E-state index contributed by atoms with van der Waals surface area (Å²) in [5.74, 6) is 6.28. The van der Waals surface area contributed by atoms with E-state index in [0.29, 0.717) is 18.2 Å². The van der Waals surface area contributed by atoms with Crippen LogP contribution >= 0.6 is 0 Å². The van der Waals surface area contributed by atoms with Crippen molar-refractivity contribution < 1.29 is 14.3 Å². The van der Waals surface area contributed by atoms with Crippen LogP contribution < -0.4 is 5.32 Å². The molecule has 1 amide bonds. The average molecular weight is 304 g/mol. The van der Waals surface area contributed by atoms with Crippen molar-refractivity contribution >= 4 is 5.91 Å². The quantitative estimate of drug-likeness (QED) is 0.830. The Bertz CT molecular complexity index is 575. The van der Waals surface area contributed by atoms with Crippen molar-refractivity contribution in [3.8, 4) is 11.8 Å². The van der Waals surface area contributed by atoms with Gasteiger partial charge in [-0.1, -0.05) is 5.92 Å². The third-order valence-electron chi connectivity index (χ3n) is 3.59. The van der Waals surface area contributed by atoms with Gasteiger partial charge in [-0.25, -0.2) is 0 Å². The predicted octanol–water partition coefficient (Wildman–Crippen LogP) is 1.47. The molecule has 0 bridgehead atoms. The molecule has 22 heavy (non-hydrogen) atoms. The van der Waals surface area contributed by atoms with Crippen LogP contribution in [0.1, 0.15) is 43.0 Å². The SMILES string of the molecule is CN1CCCC(CNC(=O)c2ccc(C#CC(C)(C)O)o2)C1. The molecule has 1 aromatic rings. The van der Waals surface area contributed by atoms with E-state index >= 15 is 0 Å². The molecule has 0 spiro atoms. The van der Waals surface area contributed by atoms with E-state index in [9.17, 15) is 9.90 Å². The fraction of sp³-hybridized carbons (Fsp3) is 0.588. The molecule has 2 heterocycles. The highest BCUT2D eigenvalue weighted by Gasteiger charge is 2.19. The largest absolute Gasteiger partial charge is 0.443 e. The van der Waals surface area contributed by atoms with Gasteiger partial charge in [-0.2, -0.15) is 0 Å². The predicted molar refractivity (Wildman–Crippen MR) is 84.4 cm³/mol. The number of amides is 1. The Kier molecular flexibility index (Phi) is 5.28. The molecule has 1 aliphatic heterocycles. The lowest BCUT2D eigenvalue weighted by molar-refractivity contribution is 0.0908. The second-order valence-corrected chi connectivity index (χ2v) is 6.45. The zero-order valence-corrected chi connectivity index (χ0v) is 13.5. The summed E-state index contributed by atoms with van der Waals surface area (Å²) in [6, 6.07) is 3.25. The monoisotopic (exact) mass is 304 g/mol. The first-order chi connectivity index (χ1) is 10.3. The molecular weight excluding hydrogens is 280 g/mol. The van der Waals surface area contributed by atoms with E-state index in [2.05, 4.69) is 29.1 Å². The first kappa shape index (κ1) is 16.6. The zero-order chi connectivity index (χ0) is 16.2. The molecule has 1 fully saturated rings. The van der Waals surface area contributed by atoms with E-state index < -0.39 is 5.60 Å². The van der Waals surface area contributed by atoms with E-state index in [-0.39, 0.29) is 11.7 Å². The normalized spacial score (nSPS) is 19.4. The van der Waals surface area contributed by atoms with Crippen LogP contribution in [0, 0.1) is 17.8 Å². The second kappa shape index (κ2) is 6.99. The lowest BCUT2D eigenvalue weighted by atomic mass is 9.98. The number of likely N-dealkylation sites (tertiary alicyclic amines) is 1. The maximum Gasteiger partial charge on any atom is 0.287 e. The summed E-state index contributed by atoms with van der Waals surface area (Å²) in [5, 5.41) is 12.5. The van der Waals surface area contributed by atoms with E-state index in [1.807, 2.05) is 0 Å². The second-order valence-electron chi connectivity index (χ2n) is 6.45. The fourth-order valence-electron chi connectivity index (χ4n) is 2.51. The van der Waals surface area contributed by atoms with Crippen molar-refractivity contribution in [2.75, 3.05) is 26.7 Å². The number of hydrogen-bond donors (Lipinski definition) is 2. The standard InChI is InChI=1S/C17H24N2O3/c1-17(2,21)9-8-14-6-7-15(22-14)16(20)18-11-13-5-4-10-19(3)12-13/h6-7,13,21H,4-5,10-12H2,1-3H3,(H,18,20). The molecule has 5 nitrogen and oxygen atoms in total. The number of nitrogens with one attached hydrogen (secondary N) is 1. The first-order valence-electron chi connectivity index (χ1n) is 7.65. The number of furan rings is 1. The molecule has 5 heteroatoms. The summed E-state index contributed by atoms with van der Waals surface area (Å²) in [6.07, 6.45) is 2.32. The molecule has 2 rings (SSSR count).